The van der Waals surface area contributed by atoms with Gasteiger partial charge in [-0.3, -0.25) is 14.9 Å². The van der Waals surface area contributed by atoms with Crippen molar-refractivity contribution in [3.63, 3.8) is 0 Å². The smallest absolute Gasteiger partial charge is 0.253 e. The zero-order valence-corrected chi connectivity index (χ0v) is 16.4. The summed E-state index contributed by atoms with van der Waals surface area (Å²) < 4.78 is 0. The third kappa shape index (κ3) is 5.23. The van der Waals surface area contributed by atoms with Gasteiger partial charge in [-0.05, 0) is 24.1 Å². The molecule has 0 aliphatic rings. The average Bonchev–Trinajstić information content (AvgIpc) is 3.18. The van der Waals surface area contributed by atoms with Crippen molar-refractivity contribution in [2.75, 3.05) is 5.32 Å². The molecule has 0 aliphatic carbocycles. The molecule has 0 saturated heterocycles. The van der Waals surface area contributed by atoms with Gasteiger partial charge in [0.05, 0.1) is 0 Å². The van der Waals surface area contributed by atoms with Gasteiger partial charge in [-0.1, -0.05) is 73.2 Å². The summed E-state index contributed by atoms with van der Waals surface area (Å²) >= 11 is 1.36. The second kappa shape index (κ2) is 9.75. The lowest BCUT2D eigenvalue weighted by molar-refractivity contribution is -0.118. The molecule has 0 bridgehead atoms. The van der Waals surface area contributed by atoms with Gasteiger partial charge in [0.25, 0.3) is 11.8 Å². The summed E-state index contributed by atoms with van der Waals surface area (Å²) in [5.41, 5.74) is 1.19. The maximum absolute atomic E-state index is 12.9. The van der Waals surface area contributed by atoms with Crippen molar-refractivity contribution < 1.29 is 9.59 Å². The Kier molecular flexibility index (Phi) is 6.86. The van der Waals surface area contributed by atoms with E-state index in [1.165, 1.54) is 11.3 Å². The van der Waals surface area contributed by atoms with Gasteiger partial charge in [-0.2, -0.15) is 0 Å². The van der Waals surface area contributed by atoms with Crippen molar-refractivity contribution >= 4 is 28.3 Å². The van der Waals surface area contributed by atoms with E-state index in [2.05, 4.69) is 27.8 Å². The summed E-state index contributed by atoms with van der Waals surface area (Å²) in [6, 6.07) is 17.1. The molecule has 1 heterocycles. The largest absolute Gasteiger partial charge is 0.336 e. The predicted octanol–water partition coefficient (Wildman–Crippen LogP) is 3.99. The summed E-state index contributed by atoms with van der Waals surface area (Å²) in [6.45, 7) is 2.11. The molecule has 28 heavy (non-hydrogen) atoms. The molecule has 0 aliphatic heterocycles. The number of amides is 2. The normalized spacial score (nSPS) is 11.6. The number of aromatic nitrogens is 2. The summed E-state index contributed by atoms with van der Waals surface area (Å²) in [5, 5.41) is 15.1. The molecule has 0 fully saturated rings. The van der Waals surface area contributed by atoms with Gasteiger partial charge in [0.2, 0.25) is 5.13 Å². The molecule has 1 unspecified atom stereocenters. The highest BCUT2D eigenvalue weighted by Crippen LogP contribution is 2.20. The van der Waals surface area contributed by atoms with E-state index in [1.54, 1.807) is 24.3 Å². The number of benzene rings is 2. The van der Waals surface area contributed by atoms with E-state index in [1.807, 2.05) is 36.4 Å². The fourth-order valence-electron chi connectivity index (χ4n) is 2.66. The van der Waals surface area contributed by atoms with E-state index in [0.29, 0.717) is 16.3 Å². The predicted molar refractivity (Wildman–Crippen MR) is 110 cm³/mol. The lowest BCUT2D eigenvalue weighted by Gasteiger charge is -2.18. The monoisotopic (exact) mass is 394 g/mol. The maximum Gasteiger partial charge on any atom is 0.253 e. The molecule has 2 amide bonds. The molecule has 144 valence electrons. The van der Waals surface area contributed by atoms with Crippen LogP contribution >= 0.6 is 11.3 Å². The van der Waals surface area contributed by atoms with Crippen LogP contribution in [0.3, 0.4) is 0 Å². The van der Waals surface area contributed by atoms with Gasteiger partial charge >= 0.3 is 0 Å². The minimum atomic E-state index is -0.836. The van der Waals surface area contributed by atoms with Crippen LogP contribution in [0.5, 0.6) is 0 Å². The molecule has 0 spiro atoms. The number of rotatable bonds is 8. The van der Waals surface area contributed by atoms with Crippen molar-refractivity contribution in [1.29, 1.82) is 0 Å². The second-order valence-electron chi connectivity index (χ2n) is 6.28. The molecule has 3 rings (SSSR count). The molecule has 6 nitrogen and oxygen atoms in total. The van der Waals surface area contributed by atoms with E-state index in [4.69, 9.17) is 0 Å². The summed E-state index contributed by atoms with van der Waals surface area (Å²) in [5.74, 6) is -0.667. The fraction of sp³-hybridized carbons (Fsp3) is 0.238. The molecule has 7 heteroatoms. The van der Waals surface area contributed by atoms with Crippen LogP contribution in [0.4, 0.5) is 5.13 Å². The molecule has 2 aromatic carbocycles. The van der Waals surface area contributed by atoms with Crippen LogP contribution < -0.4 is 10.6 Å². The number of unbranched alkanes of at least 4 members (excludes halogenated alkanes) is 1. The van der Waals surface area contributed by atoms with E-state index in [0.717, 1.165) is 24.3 Å². The summed E-state index contributed by atoms with van der Waals surface area (Å²) in [4.78, 5) is 25.5. The molecule has 1 atom stereocenters. The lowest BCUT2D eigenvalue weighted by atomic mass is 10.1. The van der Waals surface area contributed by atoms with Crippen LogP contribution in [-0.4, -0.2) is 22.0 Å². The number of nitrogens with one attached hydrogen (secondary N) is 2. The first kappa shape index (κ1) is 19.7. The van der Waals surface area contributed by atoms with Crippen LogP contribution in [-0.2, 0) is 11.2 Å². The van der Waals surface area contributed by atoms with E-state index in [-0.39, 0.29) is 11.8 Å². The molecule has 2 N–H and O–H groups in total. The molecule has 0 saturated carbocycles. The zero-order valence-electron chi connectivity index (χ0n) is 15.6. The number of hydrogen-bond acceptors (Lipinski definition) is 5. The third-order valence-corrected chi connectivity index (χ3v) is 5.05. The van der Waals surface area contributed by atoms with Crippen LogP contribution in [0.1, 0.15) is 46.7 Å². The van der Waals surface area contributed by atoms with Crippen LogP contribution in [0.15, 0.2) is 60.7 Å². The van der Waals surface area contributed by atoms with Crippen LogP contribution in [0.2, 0.25) is 0 Å². The highest BCUT2D eigenvalue weighted by Gasteiger charge is 2.24. The van der Waals surface area contributed by atoms with E-state index >= 15 is 0 Å². The highest BCUT2D eigenvalue weighted by atomic mass is 32.1. The Morgan fingerprint density at radius 1 is 1.00 bits per heavy atom. The minimum absolute atomic E-state index is 0.314. The number of hydrogen-bond donors (Lipinski definition) is 2. The molecule has 3 aromatic rings. The van der Waals surface area contributed by atoms with Gasteiger partial charge in [0.15, 0.2) is 0 Å². The lowest BCUT2D eigenvalue weighted by Crippen LogP contribution is -2.37. The quantitative estimate of drug-likeness (QED) is 0.605. The number of carbonyl (C=O) groups excluding carboxylic acids is 2. The van der Waals surface area contributed by atoms with Crippen molar-refractivity contribution in [3.8, 4) is 0 Å². The first-order chi connectivity index (χ1) is 13.7. The Bertz CT molecular complexity index is 912. The molecular formula is C21H22N4O2S. The molecule has 1 aromatic heterocycles. The number of nitrogens with zero attached hydrogens (tertiary/aromatic N) is 2. The molecule has 0 radical (unpaired) electrons. The topological polar surface area (TPSA) is 84.0 Å². The Labute approximate surface area is 168 Å². The van der Waals surface area contributed by atoms with Gasteiger partial charge in [0.1, 0.15) is 11.0 Å². The Hall–Kier alpha value is -3.06. The number of anilines is 1. The third-order valence-electron chi connectivity index (χ3n) is 4.15. The van der Waals surface area contributed by atoms with Crippen molar-refractivity contribution in [1.82, 2.24) is 15.5 Å². The first-order valence-corrected chi connectivity index (χ1v) is 10.0. The van der Waals surface area contributed by atoms with Crippen molar-refractivity contribution in [2.24, 2.45) is 0 Å². The summed E-state index contributed by atoms with van der Waals surface area (Å²) in [7, 11) is 0. The minimum Gasteiger partial charge on any atom is -0.336 e. The van der Waals surface area contributed by atoms with Crippen molar-refractivity contribution in [2.45, 2.75) is 32.2 Å². The SMILES string of the molecule is CCCCc1nnc(NC(=O)C(NC(=O)c2ccccc2)c2ccccc2)s1. The zero-order chi connectivity index (χ0) is 19.8. The standard InChI is InChI=1S/C21H22N4O2S/c1-2-3-14-17-24-25-21(28-17)23-20(27)18(15-10-6-4-7-11-15)22-19(26)16-12-8-5-9-13-16/h4-13,18H,2-3,14H2,1H3,(H,22,26)(H,23,25,27). The first-order valence-electron chi connectivity index (χ1n) is 9.21. The number of carbonyl (C=O) groups is 2. The second-order valence-corrected chi connectivity index (χ2v) is 7.34. The van der Waals surface area contributed by atoms with Crippen molar-refractivity contribution in [3.05, 3.63) is 76.8 Å². The van der Waals surface area contributed by atoms with E-state index < -0.39 is 6.04 Å². The van der Waals surface area contributed by atoms with Gasteiger partial charge in [-0.25, -0.2) is 0 Å². The fourth-order valence-corrected chi connectivity index (χ4v) is 3.44. The average molecular weight is 395 g/mol. The Morgan fingerprint density at radius 3 is 2.36 bits per heavy atom. The van der Waals surface area contributed by atoms with Crippen LogP contribution in [0.25, 0.3) is 0 Å². The maximum atomic E-state index is 12.9. The Balaban J connectivity index is 1.76. The Morgan fingerprint density at radius 2 is 1.68 bits per heavy atom. The van der Waals surface area contributed by atoms with Gasteiger partial charge in [0, 0.05) is 12.0 Å². The molecular weight excluding hydrogens is 372 g/mol. The highest BCUT2D eigenvalue weighted by molar-refractivity contribution is 7.15. The van der Waals surface area contributed by atoms with Gasteiger partial charge < -0.3 is 5.32 Å². The summed E-state index contributed by atoms with van der Waals surface area (Å²) in [6.07, 6.45) is 2.95. The van der Waals surface area contributed by atoms with E-state index in [9.17, 15) is 9.59 Å². The number of aryl methyl sites for hydroxylation is 1. The van der Waals surface area contributed by atoms with Crippen LogP contribution in [0, 0.1) is 0 Å². The van der Waals surface area contributed by atoms with Gasteiger partial charge in [-0.15, -0.1) is 10.2 Å².